The highest BCUT2D eigenvalue weighted by atomic mass is 16.4. The number of amides is 1. The van der Waals surface area contributed by atoms with Crippen molar-refractivity contribution in [2.45, 2.75) is 19.3 Å². The molecule has 0 radical (unpaired) electrons. The average molecular weight is 296 g/mol. The number of carbonyl (C=O) groups is 1. The Labute approximate surface area is 130 Å². The van der Waals surface area contributed by atoms with Gasteiger partial charge in [-0.2, -0.15) is 0 Å². The first-order valence-corrected chi connectivity index (χ1v) is 7.68. The van der Waals surface area contributed by atoms with Gasteiger partial charge in [-0.1, -0.05) is 36.4 Å². The molecular formula is C18H20N2O2. The number of carboxylic acid groups (broad SMARTS) is 1. The molecule has 0 aliphatic carbocycles. The Morgan fingerprint density at radius 3 is 2.41 bits per heavy atom. The number of rotatable bonds is 3. The van der Waals surface area contributed by atoms with Gasteiger partial charge in [-0.25, -0.2) is 4.79 Å². The van der Waals surface area contributed by atoms with Gasteiger partial charge in [0.15, 0.2) is 0 Å². The Bertz CT molecular complexity index is 649. The van der Waals surface area contributed by atoms with Gasteiger partial charge >= 0.3 is 6.09 Å². The normalized spacial score (nSPS) is 14.6. The molecular weight excluding hydrogens is 276 g/mol. The van der Waals surface area contributed by atoms with Crippen molar-refractivity contribution in [3.8, 4) is 11.1 Å². The van der Waals surface area contributed by atoms with Crippen LogP contribution in [-0.2, 0) is 0 Å². The highest BCUT2D eigenvalue weighted by molar-refractivity contribution is 5.92. The van der Waals surface area contributed by atoms with Crippen molar-refractivity contribution in [2.24, 2.45) is 0 Å². The fourth-order valence-electron chi connectivity index (χ4n) is 2.97. The Kier molecular flexibility index (Phi) is 4.28. The van der Waals surface area contributed by atoms with E-state index in [4.69, 9.17) is 5.11 Å². The zero-order valence-electron chi connectivity index (χ0n) is 12.5. The molecule has 114 valence electrons. The monoisotopic (exact) mass is 296 g/mol. The molecule has 1 aliphatic heterocycles. The molecule has 2 aromatic carbocycles. The van der Waals surface area contributed by atoms with E-state index in [0.29, 0.717) is 5.69 Å². The number of piperidine rings is 1. The van der Waals surface area contributed by atoms with E-state index in [0.717, 1.165) is 29.9 Å². The lowest BCUT2D eigenvalue weighted by Gasteiger charge is -2.29. The summed E-state index contributed by atoms with van der Waals surface area (Å²) in [4.78, 5) is 13.4. The minimum absolute atomic E-state index is 0.641. The van der Waals surface area contributed by atoms with E-state index in [1.165, 1.54) is 19.3 Å². The van der Waals surface area contributed by atoms with Crippen LogP contribution < -0.4 is 10.2 Å². The second-order valence-electron chi connectivity index (χ2n) is 5.57. The Morgan fingerprint density at radius 1 is 1.00 bits per heavy atom. The molecule has 2 aromatic rings. The second-order valence-corrected chi connectivity index (χ2v) is 5.57. The molecule has 22 heavy (non-hydrogen) atoms. The summed E-state index contributed by atoms with van der Waals surface area (Å²) >= 11 is 0. The average Bonchev–Trinajstić information content (AvgIpc) is 2.56. The van der Waals surface area contributed by atoms with Crippen LogP contribution in [0.3, 0.4) is 0 Å². The lowest BCUT2D eigenvalue weighted by molar-refractivity contribution is 0.210. The maximum atomic E-state index is 11.1. The van der Waals surface area contributed by atoms with E-state index in [1.807, 2.05) is 42.5 Å². The van der Waals surface area contributed by atoms with Crippen LogP contribution >= 0.6 is 0 Å². The molecule has 4 heteroatoms. The molecule has 1 saturated heterocycles. The molecule has 0 bridgehead atoms. The van der Waals surface area contributed by atoms with E-state index in [1.54, 1.807) is 0 Å². The predicted octanol–water partition coefficient (Wildman–Crippen LogP) is 4.43. The van der Waals surface area contributed by atoms with Gasteiger partial charge in [0.1, 0.15) is 0 Å². The highest BCUT2D eigenvalue weighted by Crippen LogP contribution is 2.32. The molecule has 4 nitrogen and oxygen atoms in total. The van der Waals surface area contributed by atoms with Crippen molar-refractivity contribution in [3.05, 3.63) is 48.5 Å². The van der Waals surface area contributed by atoms with Crippen LogP contribution in [0.15, 0.2) is 48.5 Å². The summed E-state index contributed by atoms with van der Waals surface area (Å²) in [6, 6.07) is 15.9. The molecule has 1 heterocycles. The third kappa shape index (κ3) is 3.22. The summed E-state index contributed by atoms with van der Waals surface area (Å²) in [6.07, 6.45) is 2.64. The van der Waals surface area contributed by atoms with Crippen molar-refractivity contribution in [1.29, 1.82) is 0 Å². The van der Waals surface area contributed by atoms with Gasteiger partial charge in [0.2, 0.25) is 0 Å². The van der Waals surface area contributed by atoms with Gasteiger partial charge in [-0.05, 0) is 37.0 Å². The van der Waals surface area contributed by atoms with E-state index < -0.39 is 6.09 Å². The quantitative estimate of drug-likeness (QED) is 0.880. The minimum atomic E-state index is -1.03. The van der Waals surface area contributed by atoms with Crippen LogP contribution in [0.25, 0.3) is 11.1 Å². The molecule has 0 aromatic heterocycles. The number of hydrogen-bond acceptors (Lipinski definition) is 2. The number of hydrogen-bond donors (Lipinski definition) is 2. The van der Waals surface area contributed by atoms with Crippen molar-refractivity contribution in [1.82, 2.24) is 0 Å². The third-order valence-corrected chi connectivity index (χ3v) is 4.05. The Balaban J connectivity index is 1.97. The van der Waals surface area contributed by atoms with E-state index >= 15 is 0 Å². The molecule has 1 aliphatic rings. The van der Waals surface area contributed by atoms with Crippen LogP contribution in [0.1, 0.15) is 19.3 Å². The standard InChI is InChI=1S/C18H20N2O2/c21-18(22)19-17-13-15(20-11-5-2-6-12-20)9-10-16(17)14-7-3-1-4-8-14/h1,3-4,7-10,13,19H,2,5-6,11-12H2,(H,21,22). The van der Waals surface area contributed by atoms with Crippen LogP contribution in [-0.4, -0.2) is 24.3 Å². The molecule has 0 spiro atoms. The molecule has 0 atom stereocenters. The fraction of sp³-hybridized carbons (Fsp3) is 0.278. The van der Waals surface area contributed by atoms with Crippen LogP contribution in [0, 0.1) is 0 Å². The van der Waals surface area contributed by atoms with Crippen LogP contribution in [0.5, 0.6) is 0 Å². The van der Waals surface area contributed by atoms with Gasteiger partial charge in [-0.3, -0.25) is 5.32 Å². The third-order valence-electron chi connectivity index (χ3n) is 4.05. The van der Waals surface area contributed by atoms with Crippen molar-refractivity contribution in [3.63, 3.8) is 0 Å². The summed E-state index contributed by atoms with van der Waals surface area (Å²) in [5, 5.41) is 11.7. The molecule has 0 unspecified atom stereocenters. The first-order chi connectivity index (χ1) is 10.7. The molecule has 1 amide bonds. The van der Waals surface area contributed by atoms with E-state index in [9.17, 15) is 4.79 Å². The van der Waals surface area contributed by atoms with Crippen LogP contribution in [0.2, 0.25) is 0 Å². The summed E-state index contributed by atoms with van der Waals surface area (Å²) in [6.45, 7) is 2.08. The summed E-state index contributed by atoms with van der Waals surface area (Å²) in [5.41, 5.74) is 3.64. The topological polar surface area (TPSA) is 52.6 Å². The molecule has 3 rings (SSSR count). The Morgan fingerprint density at radius 2 is 1.73 bits per heavy atom. The van der Waals surface area contributed by atoms with Crippen molar-refractivity contribution >= 4 is 17.5 Å². The molecule has 1 fully saturated rings. The lowest BCUT2D eigenvalue weighted by Crippen LogP contribution is -2.29. The van der Waals surface area contributed by atoms with Gasteiger partial charge in [-0.15, -0.1) is 0 Å². The second kappa shape index (κ2) is 6.52. The number of anilines is 2. The summed E-state index contributed by atoms with van der Waals surface area (Å²) < 4.78 is 0. The number of nitrogens with zero attached hydrogens (tertiary/aromatic N) is 1. The first-order valence-electron chi connectivity index (χ1n) is 7.68. The van der Waals surface area contributed by atoms with Gasteiger partial charge in [0, 0.05) is 24.3 Å². The largest absolute Gasteiger partial charge is 0.465 e. The fourth-order valence-corrected chi connectivity index (χ4v) is 2.97. The smallest absolute Gasteiger partial charge is 0.409 e. The maximum absolute atomic E-state index is 11.1. The number of nitrogens with one attached hydrogen (secondary N) is 1. The van der Waals surface area contributed by atoms with Crippen molar-refractivity contribution < 1.29 is 9.90 Å². The lowest BCUT2D eigenvalue weighted by atomic mass is 10.0. The summed E-state index contributed by atoms with van der Waals surface area (Å²) in [5.74, 6) is 0. The number of benzene rings is 2. The van der Waals surface area contributed by atoms with Gasteiger partial charge < -0.3 is 10.0 Å². The van der Waals surface area contributed by atoms with E-state index in [-0.39, 0.29) is 0 Å². The van der Waals surface area contributed by atoms with Crippen LogP contribution in [0.4, 0.5) is 16.2 Å². The molecule has 2 N–H and O–H groups in total. The zero-order chi connectivity index (χ0) is 15.4. The van der Waals surface area contributed by atoms with Gasteiger partial charge in [0.25, 0.3) is 0 Å². The zero-order valence-corrected chi connectivity index (χ0v) is 12.5. The summed E-state index contributed by atoms with van der Waals surface area (Å²) in [7, 11) is 0. The maximum Gasteiger partial charge on any atom is 0.409 e. The highest BCUT2D eigenvalue weighted by Gasteiger charge is 2.14. The van der Waals surface area contributed by atoms with Gasteiger partial charge in [0.05, 0.1) is 5.69 Å². The molecule has 0 saturated carbocycles. The predicted molar refractivity (Wildman–Crippen MR) is 89.6 cm³/mol. The SMILES string of the molecule is O=C(O)Nc1cc(N2CCCCC2)ccc1-c1ccccc1. The van der Waals surface area contributed by atoms with Crippen molar-refractivity contribution in [2.75, 3.05) is 23.3 Å². The van der Waals surface area contributed by atoms with E-state index in [2.05, 4.69) is 16.3 Å². The minimum Gasteiger partial charge on any atom is -0.465 e. The Hall–Kier alpha value is -2.49. The first kappa shape index (κ1) is 14.4.